The van der Waals surface area contributed by atoms with Gasteiger partial charge in [-0.15, -0.1) is 0 Å². The summed E-state index contributed by atoms with van der Waals surface area (Å²) in [5.74, 6) is 0. The molecule has 1 aromatic heterocycles. The molecule has 13 heavy (non-hydrogen) atoms. The quantitative estimate of drug-likeness (QED) is 0.776. The minimum absolute atomic E-state index is 0.224. The normalized spacial score (nSPS) is 10.8. The molecule has 0 radical (unpaired) electrons. The number of nitrogens with zero attached hydrogens (tertiary/aromatic N) is 1. The van der Waals surface area contributed by atoms with Crippen LogP contribution < -0.4 is 0 Å². The van der Waals surface area contributed by atoms with Gasteiger partial charge in [0.15, 0.2) is 5.58 Å². The molecule has 68 valence electrons. The Kier molecular flexibility index (Phi) is 2.27. The lowest BCUT2D eigenvalue weighted by molar-refractivity contribution is 0.289. The second-order valence-electron chi connectivity index (χ2n) is 2.98. The van der Waals surface area contributed by atoms with Gasteiger partial charge in [0, 0.05) is 12.0 Å². The van der Waals surface area contributed by atoms with Crippen molar-refractivity contribution in [3.8, 4) is 0 Å². The van der Waals surface area contributed by atoms with Gasteiger partial charge in [0.2, 0.25) is 0 Å². The number of fused-ring (bicyclic) bond motifs is 1. The fourth-order valence-corrected chi connectivity index (χ4v) is 1.44. The van der Waals surface area contributed by atoms with Crippen molar-refractivity contribution in [3.05, 3.63) is 30.0 Å². The van der Waals surface area contributed by atoms with Crippen LogP contribution in [0.4, 0.5) is 0 Å². The third kappa shape index (κ3) is 1.55. The van der Waals surface area contributed by atoms with E-state index in [0.29, 0.717) is 0 Å². The molecule has 0 fully saturated rings. The van der Waals surface area contributed by atoms with E-state index in [9.17, 15) is 0 Å². The molecule has 0 aliphatic carbocycles. The van der Waals surface area contributed by atoms with Crippen molar-refractivity contribution in [1.82, 2.24) is 5.16 Å². The molecule has 1 aromatic carbocycles. The molecular formula is C10H11NO2. The van der Waals surface area contributed by atoms with E-state index in [1.54, 1.807) is 6.20 Å². The number of benzene rings is 1. The summed E-state index contributed by atoms with van der Waals surface area (Å²) < 4.78 is 5.03. The van der Waals surface area contributed by atoms with Crippen molar-refractivity contribution in [2.75, 3.05) is 6.61 Å². The molecule has 0 saturated heterocycles. The van der Waals surface area contributed by atoms with E-state index in [1.165, 1.54) is 5.56 Å². The molecule has 1 heterocycles. The minimum atomic E-state index is 0.224. The summed E-state index contributed by atoms with van der Waals surface area (Å²) in [6.07, 6.45) is 3.38. The lowest BCUT2D eigenvalue weighted by atomic mass is 10.1. The van der Waals surface area contributed by atoms with Crippen LogP contribution in [0, 0.1) is 0 Å². The van der Waals surface area contributed by atoms with Crippen molar-refractivity contribution >= 4 is 11.0 Å². The third-order valence-electron chi connectivity index (χ3n) is 2.09. The topological polar surface area (TPSA) is 46.3 Å². The summed E-state index contributed by atoms with van der Waals surface area (Å²) >= 11 is 0. The van der Waals surface area contributed by atoms with Crippen LogP contribution in [0.15, 0.2) is 28.9 Å². The molecule has 0 amide bonds. The number of aryl methyl sites for hydroxylation is 1. The Hall–Kier alpha value is -1.35. The summed E-state index contributed by atoms with van der Waals surface area (Å²) in [5, 5.41) is 13.5. The van der Waals surface area contributed by atoms with Gasteiger partial charge in [0.05, 0.1) is 6.20 Å². The molecule has 0 unspecified atom stereocenters. The van der Waals surface area contributed by atoms with E-state index >= 15 is 0 Å². The highest BCUT2D eigenvalue weighted by molar-refractivity contribution is 5.79. The first kappa shape index (κ1) is 8.26. The molecule has 2 aromatic rings. The lowest BCUT2D eigenvalue weighted by Crippen LogP contribution is -1.89. The van der Waals surface area contributed by atoms with Crippen molar-refractivity contribution in [2.24, 2.45) is 0 Å². The lowest BCUT2D eigenvalue weighted by Gasteiger charge is -1.98. The van der Waals surface area contributed by atoms with Crippen molar-refractivity contribution < 1.29 is 9.63 Å². The first-order valence-corrected chi connectivity index (χ1v) is 4.35. The zero-order valence-electron chi connectivity index (χ0n) is 7.23. The van der Waals surface area contributed by atoms with Crippen molar-refractivity contribution in [2.45, 2.75) is 12.8 Å². The number of aliphatic hydroxyl groups is 1. The fraction of sp³-hybridized carbons (Fsp3) is 0.300. The molecule has 3 heteroatoms. The van der Waals surface area contributed by atoms with Crippen LogP contribution >= 0.6 is 0 Å². The van der Waals surface area contributed by atoms with Gasteiger partial charge in [-0.25, -0.2) is 0 Å². The average Bonchev–Trinajstić information content (AvgIpc) is 2.62. The number of hydrogen-bond acceptors (Lipinski definition) is 3. The van der Waals surface area contributed by atoms with Crippen LogP contribution in [0.5, 0.6) is 0 Å². The molecule has 3 nitrogen and oxygen atoms in total. The molecule has 1 N–H and O–H groups in total. The number of hydrogen-bond donors (Lipinski definition) is 1. The van der Waals surface area contributed by atoms with Crippen molar-refractivity contribution in [1.29, 1.82) is 0 Å². The van der Waals surface area contributed by atoms with Gasteiger partial charge in [-0.2, -0.15) is 0 Å². The van der Waals surface area contributed by atoms with E-state index in [0.717, 1.165) is 23.8 Å². The van der Waals surface area contributed by atoms with Gasteiger partial charge >= 0.3 is 0 Å². The van der Waals surface area contributed by atoms with Crippen LogP contribution in [0.25, 0.3) is 11.0 Å². The highest BCUT2D eigenvalue weighted by atomic mass is 16.5. The van der Waals surface area contributed by atoms with E-state index in [-0.39, 0.29) is 6.61 Å². The fourth-order valence-electron chi connectivity index (χ4n) is 1.44. The monoisotopic (exact) mass is 177 g/mol. The molecule has 0 spiro atoms. The maximum atomic E-state index is 8.71. The van der Waals surface area contributed by atoms with Crippen molar-refractivity contribution in [3.63, 3.8) is 0 Å². The summed E-state index contributed by atoms with van der Waals surface area (Å²) in [6.45, 7) is 0.224. The van der Waals surface area contributed by atoms with Crippen LogP contribution in [-0.4, -0.2) is 16.9 Å². The van der Waals surface area contributed by atoms with Gasteiger partial charge < -0.3 is 9.63 Å². The molecule has 2 rings (SSSR count). The first-order chi connectivity index (χ1) is 6.42. The summed E-state index contributed by atoms with van der Waals surface area (Å²) in [5.41, 5.74) is 2.00. The van der Waals surface area contributed by atoms with E-state index in [4.69, 9.17) is 9.63 Å². The van der Waals surface area contributed by atoms with Gasteiger partial charge in [0.1, 0.15) is 0 Å². The summed E-state index contributed by atoms with van der Waals surface area (Å²) in [4.78, 5) is 0. The number of aromatic nitrogens is 1. The van der Waals surface area contributed by atoms with Gasteiger partial charge in [-0.3, -0.25) is 0 Å². The van der Waals surface area contributed by atoms with Gasteiger partial charge in [-0.1, -0.05) is 17.3 Å². The Morgan fingerprint density at radius 1 is 1.38 bits per heavy atom. The van der Waals surface area contributed by atoms with Crippen LogP contribution in [-0.2, 0) is 6.42 Å². The zero-order valence-corrected chi connectivity index (χ0v) is 7.23. The van der Waals surface area contributed by atoms with Gasteiger partial charge in [0.25, 0.3) is 0 Å². The maximum absolute atomic E-state index is 8.71. The van der Waals surface area contributed by atoms with E-state index in [1.807, 2.05) is 18.2 Å². The van der Waals surface area contributed by atoms with E-state index in [2.05, 4.69) is 5.16 Å². The minimum Gasteiger partial charge on any atom is -0.396 e. The highest BCUT2D eigenvalue weighted by Crippen LogP contribution is 2.18. The zero-order chi connectivity index (χ0) is 9.10. The Morgan fingerprint density at radius 3 is 3.15 bits per heavy atom. The molecular weight excluding hydrogens is 166 g/mol. The molecule has 0 aliphatic heterocycles. The predicted octanol–water partition coefficient (Wildman–Crippen LogP) is 1.75. The second-order valence-corrected chi connectivity index (χ2v) is 2.98. The Morgan fingerprint density at radius 2 is 2.31 bits per heavy atom. The Labute approximate surface area is 76.0 Å². The second kappa shape index (κ2) is 3.58. The van der Waals surface area contributed by atoms with Crippen LogP contribution in [0.2, 0.25) is 0 Å². The van der Waals surface area contributed by atoms with Crippen LogP contribution in [0.1, 0.15) is 12.0 Å². The summed E-state index contributed by atoms with van der Waals surface area (Å²) in [7, 11) is 0. The Balaban J connectivity index is 2.37. The SMILES string of the molecule is OCCCc1cccc2oncc12. The molecule has 0 aliphatic rings. The van der Waals surface area contributed by atoms with Gasteiger partial charge in [-0.05, 0) is 24.5 Å². The predicted molar refractivity (Wildman–Crippen MR) is 49.4 cm³/mol. The smallest absolute Gasteiger partial charge is 0.167 e. The van der Waals surface area contributed by atoms with Crippen LogP contribution in [0.3, 0.4) is 0 Å². The largest absolute Gasteiger partial charge is 0.396 e. The van der Waals surface area contributed by atoms with E-state index < -0.39 is 0 Å². The number of aliphatic hydroxyl groups excluding tert-OH is 1. The first-order valence-electron chi connectivity index (χ1n) is 4.35. The highest BCUT2D eigenvalue weighted by Gasteiger charge is 2.02. The molecule has 0 atom stereocenters. The standard InChI is InChI=1S/C10H11NO2/c12-6-2-4-8-3-1-5-10-9(8)7-11-13-10/h1,3,5,7,12H,2,4,6H2. The molecule has 0 bridgehead atoms. The number of rotatable bonds is 3. The molecule has 0 saturated carbocycles. The maximum Gasteiger partial charge on any atom is 0.167 e. The summed E-state index contributed by atoms with van der Waals surface area (Å²) in [6, 6.07) is 5.88. The Bertz CT molecular complexity index is 394. The third-order valence-corrected chi connectivity index (χ3v) is 2.09. The average molecular weight is 177 g/mol.